The monoisotopic (exact) mass is 882 g/mol. The molecule has 2 N–H and O–H groups in total. The molecule has 0 unspecified atom stereocenters. The third kappa shape index (κ3) is 13.3. The molecule has 6 aromatic rings. The third-order valence-electron chi connectivity index (χ3n) is 11.5. The van der Waals surface area contributed by atoms with Crippen LogP contribution in [0.2, 0.25) is 0 Å². The van der Waals surface area contributed by atoms with Crippen LogP contribution in [0.4, 0.5) is 0 Å². The van der Waals surface area contributed by atoms with Crippen molar-refractivity contribution in [1.82, 2.24) is 0 Å². The Labute approximate surface area is 381 Å². The fraction of sp³-hybridized carbons (Fsp3) is 0.333. The van der Waals surface area contributed by atoms with Crippen molar-refractivity contribution in [2.45, 2.75) is 101 Å². The summed E-state index contributed by atoms with van der Waals surface area (Å²) >= 11 is 0. The Morgan fingerprint density at radius 1 is 0.354 bits per heavy atom. The largest absolute Gasteiger partial charge is 0.394 e. The van der Waals surface area contributed by atoms with Crippen LogP contribution in [0.3, 0.4) is 0 Å². The topological polar surface area (TPSA) is 124 Å². The van der Waals surface area contributed by atoms with Crippen molar-refractivity contribution < 1.29 is 52.8 Å². The molecule has 10 atom stereocenters. The smallest absolute Gasteiger partial charge is 0.187 e. The van der Waals surface area contributed by atoms with E-state index in [2.05, 4.69) is 0 Å². The molecule has 11 heteroatoms. The zero-order valence-electron chi connectivity index (χ0n) is 36.3. The Kier molecular flexibility index (Phi) is 17.4. The molecule has 0 aromatic heterocycles. The van der Waals surface area contributed by atoms with Gasteiger partial charge in [0.15, 0.2) is 12.6 Å². The lowest BCUT2D eigenvalue weighted by molar-refractivity contribution is -0.375. The van der Waals surface area contributed by atoms with Crippen molar-refractivity contribution in [2.24, 2.45) is 0 Å². The quantitative estimate of drug-likeness (QED) is 0.0691. The van der Waals surface area contributed by atoms with Gasteiger partial charge in [-0.2, -0.15) is 0 Å². The van der Waals surface area contributed by atoms with Crippen LogP contribution in [-0.2, 0) is 82.3 Å². The van der Waals surface area contributed by atoms with Gasteiger partial charge >= 0.3 is 0 Å². The van der Waals surface area contributed by atoms with Crippen molar-refractivity contribution in [3.05, 3.63) is 215 Å². The van der Waals surface area contributed by atoms with E-state index >= 15 is 0 Å². The van der Waals surface area contributed by atoms with Crippen LogP contribution in [-0.4, -0.2) is 84.8 Å². The van der Waals surface area contributed by atoms with Gasteiger partial charge in [0.25, 0.3) is 0 Å². The minimum atomic E-state index is -1.29. The maximum absolute atomic E-state index is 12.3. The van der Waals surface area contributed by atoms with Crippen molar-refractivity contribution >= 4 is 0 Å². The molecule has 2 saturated heterocycles. The van der Waals surface area contributed by atoms with E-state index in [9.17, 15) is 10.2 Å². The summed E-state index contributed by atoms with van der Waals surface area (Å²) in [5, 5.41) is 23.1. The second kappa shape index (κ2) is 24.4. The molecule has 0 saturated carbocycles. The van der Waals surface area contributed by atoms with Crippen LogP contribution < -0.4 is 0 Å². The number of aliphatic hydroxyl groups excluding tert-OH is 2. The standard InChI is InChI=1S/C54H58O11/c55-31-45-48(58-33-40-21-9-2-10-22-40)47(56)50(59-34-41-23-11-3-12-24-41)54(63-45)65-49-46(38-57-32-39-19-7-1-8-20-39)64-53(62-37-44-29-17-6-18-30-44)52(61-36-43-27-15-5-16-28-43)51(49)60-35-42-25-13-4-14-26-42/h1-30,45-56H,31-38H2/t45-,46-,47+,48+,49-,50-,51+,52-,53-,54+/m1/s1. The minimum Gasteiger partial charge on any atom is -0.394 e. The molecule has 2 aliphatic rings. The van der Waals surface area contributed by atoms with E-state index in [4.69, 9.17) is 42.6 Å². The second-order valence-corrected chi connectivity index (χ2v) is 16.2. The molecular weight excluding hydrogens is 825 g/mol. The van der Waals surface area contributed by atoms with Gasteiger partial charge < -0.3 is 52.8 Å². The Morgan fingerprint density at radius 2 is 0.708 bits per heavy atom. The Balaban J connectivity index is 1.14. The Hall–Kier alpha value is -5.12. The molecule has 0 aliphatic carbocycles. The number of hydrogen-bond acceptors (Lipinski definition) is 11. The first-order chi connectivity index (χ1) is 32.1. The van der Waals surface area contributed by atoms with Gasteiger partial charge in [-0.25, -0.2) is 0 Å². The van der Waals surface area contributed by atoms with Crippen molar-refractivity contribution in [3.63, 3.8) is 0 Å². The van der Waals surface area contributed by atoms with Gasteiger partial charge in [0.1, 0.15) is 48.8 Å². The molecular formula is C54H58O11. The van der Waals surface area contributed by atoms with Gasteiger partial charge in [-0.3, -0.25) is 0 Å². The molecule has 0 radical (unpaired) electrons. The summed E-state index contributed by atoms with van der Waals surface area (Å²) in [4.78, 5) is 0. The molecule has 8 rings (SSSR count). The normalized spacial score (nSPS) is 25.6. The number of hydrogen-bond donors (Lipinski definition) is 2. The van der Waals surface area contributed by atoms with E-state index in [1.807, 2.05) is 182 Å². The molecule has 2 heterocycles. The number of benzene rings is 6. The van der Waals surface area contributed by atoms with Gasteiger partial charge in [0, 0.05) is 0 Å². The van der Waals surface area contributed by atoms with E-state index < -0.39 is 68.0 Å². The molecule has 2 fully saturated rings. The molecule has 340 valence electrons. The van der Waals surface area contributed by atoms with Crippen LogP contribution in [0, 0.1) is 0 Å². The third-order valence-corrected chi connectivity index (χ3v) is 11.5. The fourth-order valence-corrected chi connectivity index (χ4v) is 8.05. The highest BCUT2D eigenvalue weighted by Crippen LogP contribution is 2.36. The average Bonchev–Trinajstić information content (AvgIpc) is 3.36. The SMILES string of the molecule is OC[C@H]1O[C@@H](O[C@H]2[C@H](OCc3ccccc3)[C@@H](OCc3ccccc3)[C@H](OCc3ccccc3)O[C@@H]2COCc2ccccc2)[C@H](OCc2ccccc2)[C@@H](O)[C@H]1OCc1ccccc1. The average molecular weight is 883 g/mol. The van der Waals surface area contributed by atoms with Crippen molar-refractivity contribution in [2.75, 3.05) is 13.2 Å². The van der Waals surface area contributed by atoms with Crippen LogP contribution in [0.5, 0.6) is 0 Å². The van der Waals surface area contributed by atoms with Crippen LogP contribution in [0.1, 0.15) is 33.4 Å². The highest BCUT2D eigenvalue weighted by atomic mass is 16.8. The maximum Gasteiger partial charge on any atom is 0.187 e. The fourth-order valence-electron chi connectivity index (χ4n) is 8.05. The van der Waals surface area contributed by atoms with Crippen LogP contribution in [0.25, 0.3) is 0 Å². The molecule has 6 aromatic carbocycles. The number of rotatable bonds is 22. The molecule has 0 spiro atoms. The Bertz CT molecular complexity index is 2210. The summed E-state index contributed by atoms with van der Waals surface area (Å²) in [5.74, 6) is 0. The summed E-state index contributed by atoms with van der Waals surface area (Å²) < 4.78 is 60.4. The van der Waals surface area contributed by atoms with E-state index in [1.165, 1.54) is 0 Å². The maximum atomic E-state index is 12.3. The first kappa shape index (κ1) is 46.4. The predicted molar refractivity (Wildman–Crippen MR) is 243 cm³/mol. The van der Waals surface area contributed by atoms with Gasteiger partial charge in [-0.05, 0) is 33.4 Å². The zero-order chi connectivity index (χ0) is 44.5. The molecule has 11 nitrogen and oxygen atoms in total. The van der Waals surface area contributed by atoms with Crippen molar-refractivity contribution in [1.29, 1.82) is 0 Å². The van der Waals surface area contributed by atoms with Gasteiger partial charge in [0.2, 0.25) is 0 Å². The lowest BCUT2D eigenvalue weighted by Gasteiger charge is -2.49. The summed E-state index contributed by atoms with van der Waals surface area (Å²) in [6.07, 6.45) is -9.96. The summed E-state index contributed by atoms with van der Waals surface area (Å²) in [6.45, 7) is 0.895. The Morgan fingerprint density at radius 3 is 1.14 bits per heavy atom. The van der Waals surface area contributed by atoms with E-state index in [0.717, 1.165) is 33.4 Å². The second-order valence-electron chi connectivity index (χ2n) is 16.2. The van der Waals surface area contributed by atoms with Gasteiger partial charge in [-0.1, -0.05) is 182 Å². The summed E-state index contributed by atoms with van der Waals surface area (Å²) in [6, 6.07) is 58.8. The highest BCUT2D eigenvalue weighted by Gasteiger charge is 2.54. The van der Waals surface area contributed by atoms with Gasteiger partial charge in [-0.15, -0.1) is 0 Å². The molecule has 2 aliphatic heterocycles. The summed E-state index contributed by atoms with van der Waals surface area (Å²) in [7, 11) is 0. The van der Waals surface area contributed by atoms with Gasteiger partial charge in [0.05, 0.1) is 52.9 Å². The zero-order valence-corrected chi connectivity index (χ0v) is 36.3. The molecule has 0 amide bonds. The molecule has 0 bridgehead atoms. The first-order valence-electron chi connectivity index (χ1n) is 22.3. The van der Waals surface area contributed by atoms with Crippen LogP contribution in [0.15, 0.2) is 182 Å². The minimum absolute atomic E-state index is 0.0679. The van der Waals surface area contributed by atoms with E-state index in [-0.39, 0.29) is 39.6 Å². The van der Waals surface area contributed by atoms with E-state index in [0.29, 0.717) is 6.61 Å². The number of ether oxygens (including phenoxy) is 9. The lowest BCUT2D eigenvalue weighted by Crippen LogP contribution is -2.66. The number of aliphatic hydroxyl groups is 2. The highest BCUT2D eigenvalue weighted by molar-refractivity contribution is 5.18. The van der Waals surface area contributed by atoms with E-state index in [1.54, 1.807) is 0 Å². The predicted octanol–water partition coefficient (Wildman–Crippen LogP) is 7.95. The van der Waals surface area contributed by atoms with Crippen LogP contribution >= 0.6 is 0 Å². The summed E-state index contributed by atoms with van der Waals surface area (Å²) in [5.41, 5.74) is 5.61. The first-order valence-corrected chi connectivity index (χ1v) is 22.3. The lowest BCUT2D eigenvalue weighted by atomic mass is 9.96. The molecule has 65 heavy (non-hydrogen) atoms. The van der Waals surface area contributed by atoms with Crippen molar-refractivity contribution in [3.8, 4) is 0 Å².